The molecular formula is C14H29NO. The maximum atomic E-state index is 5.90. The van der Waals surface area contributed by atoms with Crippen molar-refractivity contribution in [1.82, 2.24) is 5.32 Å². The average Bonchev–Trinajstić information content (AvgIpc) is 2.75. The Morgan fingerprint density at radius 2 is 1.88 bits per heavy atom. The fourth-order valence-electron chi connectivity index (χ4n) is 2.99. The summed E-state index contributed by atoms with van der Waals surface area (Å²) in [6.07, 6.45) is 7.38. The topological polar surface area (TPSA) is 21.3 Å². The molecule has 0 aliphatic heterocycles. The van der Waals surface area contributed by atoms with Gasteiger partial charge in [-0.05, 0) is 32.2 Å². The molecule has 1 N–H and O–H groups in total. The van der Waals surface area contributed by atoms with Crippen LogP contribution >= 0.6 is 0 Å². The molecular weight excluding hydrogens is 198 g/mol. The summed E-state index contributed by atoms with van der Waals surface area (Å²) < 4.78 is 5.90. The molecule has 0 spiro atoms. The maximum Gasteiger partial charge on any atom is 0.0750 e. The van der Waals surface area contributed by atoms with Gasteiger partial charge in [0.15, 0.2) is 0 Å². The maximum absolute atomic E-state index is 5.90. The van der Waals surface area contributed by atoms with Crippen LogP contribution in [0.3, 0.4) is 0 Å². The SMILES string of the molecule is CCOC(C(C)C)C(CC1CCCC1)NC. The number of rotatable bonds is 7. The summed E-state index contributed by atoms with van der Waals surface area (Å²) in [5.74, 6) is 1.53. The lowest BCUT2D eigenvalue weighted by molar-refractivity contribution is -0.000365. The summed E-state index contributed by atoms with van der Waals surface area (Å²) in [6.45, 7) is 7.45. The monoisotopic (exact) mass is 227 g/mol. The molecule has 1 rings (SSSR count). The van der Waals surface area contributed by atoms with Gasteiger partial charge in [0, 0.05) is 12.6 Å². The number of nitrogens with one attached hydrogen (secondary N) is 1. The Bertz CT molecular complexity index is 176. The Hall–Kier alpha value is -0.0800. The highest BCUT2D eigenvalue weighted by Crippen LogP contribution is 2.30. The fraction of sp³-hybridized carbons (Fsp3) is 1.00. The Labute approximate surface area is 101 Å². The van der Waals surface area contributed by atoms with Gasteiger partial charge in [-0.1, -0.05) is 39.5 Å². The molecule has 0 saturated heterocycles. The molecule has 2 unspecified atom stereocenters. The number of hydrogen-bond donors (Lipinski definition) is 1. The quantitative estimate of drug-likeness (QED) is 0.721. The van der Waals surface area contributed by atoms with E-state index in [4.69, 9.17) is 4.74 Å². The second-order valence-corrected chi connectivity index (χ2v) is 5.45. The van der Waals surface area contributed by atoms with Crippen LogP contribution in [-0.2, 0) is 4.74 Å². The molecule has 0 aromatic carbocycles. The van der Waals surface area contributed by atoms with Crippen LogP contribution in [0.1, 0.15) is 52.9 Å². The molecule has 0 radical (unpaired) electrons. The summed E-state index contributed by atoms with van der Waals surface area (Å²) in [6, 6.07) is 0.531. The second-order valence-electron chi connectivity index (χ2n) is 5.45. The van der Waals surface area contributed by atoms with E-state index in [0.717, 1.165) is 12.5 Å². The largest absolute Gasteiger partial charge is 0.377 e. The molecule has 0 aromatic rings. The van der Waals surface area contributed by atoms with E-state index in [1.165, 1.54) is 32.1 Å². The molecule has 1 fully saturated rings. The van der Waals surface area contributed by atoms with Gasteiger partial charge in [-0.25, -0.2) is 0 Å². The first-order chi connectivity index (χ1) is 7.69. The number of ether oxygens (including phenoxy) is 1. The van der Waals surface area contributed by atoms with Gasteiger partial charge in [-0.3, -0.25) is 0 Å². The molecule has 0 amide bonds. The van der Waals surface area contributed by atoms with E-state index in [0.29, 0.717) is 18.1 Å². The molecule has 1 saturated carbocycles. The van der Waals surface area contributed by atoms with E-state index in [1.54, 1.807) is 0 Å². The highest BCUT2D eigenvalue weighted by Gasteiger charge is 2.27. The second kappa shape index (κ2) is 7.29. The van der Waals surface area contributed by atoms with Crippen molar-refractivity contribution in [2.24, 2.45) is 11.8 Å². The van der Waals surface area contributed by atoms with E-state index >= 15 is 0 Å². The Morgan fingerprint density at radius 1 is 1.25 bits per heavy atom. The molecule has 0 bridgehead atoms. The minimum absolute atomic E-state index is 0.371. The summed E-state index contributed by atoms with van der Waals surface area (Å²) in [7, 11) is 2.08. The molecule has 2 atom stereocenters. The van der Waals surface area contributed by atoms with Crippen molar-refractivity contribution in [1.29, 1.82) is 0 Å². The van der Waals surface area contributed by atoms with E-state index in [9.17, 15) is 0 Å². The van der Waals surface area contributed by atoms with Crippen LogP contribution < -0.4 is 5.32 Å². The molecule has 2 heteroatoms. The zero-order chi connectivity index (χ0) is 12.0. The molecule has 1 aliphatic carbocycles. The predicted molar refractivity (Wildman–Crippen MR) is 69.7 cm³/mol. The zero-order valence-corrected chi connectivity index (χ0v) is 11.5. The van der Waals surface area contributed by atoms with Gasteiger partial charge in [0.2, 0.25) is 0 Å². The first-order valence-electron chi connectivity index (χ1n) is 6.97. The third kappa shape index (κ3) is 4.06. The molecule has 1 aliphatic rings. The van der Waals surface area contributed by atoms with Crippen LogP contribution in [0.25, 0.3) is 0 Å². The third-order valence-electron chi connectivity index (χ3n) is 3.85. The van der Waals surface area contributed by atoms with Crippen molar-refractivity contribution in [3.05, 3.63) is 0 Å². The van der Waals surface area contributed by atoms with Gasteiger partial charge < -0.3 is 10.1 Å². The van der Waals surface area contributed by atoms with E-state index in [2.05, 4.69) is 33.1 Å². The van der Waals surface area contributed by atoms with Crippen molar-refractivity contribution in [2.75, 3.05) is 13.7 Å². The Morgan fingerprint density at radius 3 is 2.31 bits per heavy atom. The van der Waals surface area contributed by atoms with Gasteiger partial charge in [-0.15, -0.1) is 0 Å². The van der Waals surface area contributed by atoms with Crippen molar-refractivity contribution in [2.45, 2.75) is 65.0 Å². The first kappa shape index (κ1) is 14.0. The van der Waals surface area contributed by atoms with Gasteiger partial charge in [0.25, 0.3) is 0 Å². The van der Waals surface area contributed by atoms with Crippen LogP contribution in [0, 0.1) is 11.8 Å². The number of hydrogen-bond acceptors (Lipinski definition) is 2. The lowest BCUT2D eigenvalue weighted by Crippen LogP contribution is -2.43. The number of likely N-dealkylation sites (N-methyl/N-ethyl adjacent to an activating group) is 1. The summed E-state index contributed by atoms with van der Waals surface area (Å²) in [5, 5.41) is 3.47. The van der Waals surface area contributed by atoms with Crippen LogP contribution in [0.15, 0.2) is 0 Å². The van der Waals surface area contributed by atoms with E-state index in [-0.39, 0.29) is 0 Å². The van der Waals surface area contributed by atoms with Crippen LogP contribution in [0.4, 0.5) is 0 Å². The lowest BCUT2D eigenvalue weighted by atomic mass is 9.90. The average molecular weight is 227 g/mol. The smallest absolute Gasteiger partial charge is 0.0750 e. The van der Waals surface area contributed by atoms with Gasteiger partial charge in [0.1, 0.15) is 0 Å². The molecule has 0 aromatic heterocycles. The molecule has 0 heterocycles. The van der Waals surface area contributed by atoms with Crippen LogP contribution in [0.2, 0.25) is 0 Å². The summed E-state index contributed by atoms with van der Waals surface area (Å²) >= 11 is 0. The highest BCUT2D eigenvalue weighted by molar-refractivity contribution is 4.82. The first-order valence-corrected chi connectivity index (χ1v) is 6.97. The predicted octanol–water partition coefficient (Wildman–Crippen LogP) is 3.22. The molecule has 96 valence electrons. The summed E-state index contributed by atoms with van der Waals surface area (Å²) in [4.78, 5) is 0. The van der Waals surface area contributed by atoms with E-state index < -0.39 is 0 Å². The normalized spacial score (nSPS) is 21.6. The van der Waals surface area contributed by atoms with Crippen molar-refractivity contribution >= 4 is 0 Å². The van der Waals surface area contributed by atoms with Crippen LogP contribution in [-0.4, -0.2) is 25.8 Å². The minimum Gasteiger partial charge on any atom is -0.377 e. The standard InChI is InChI=1S/C14H29NO/c1-5-16-14(11(2)3)13(15-4)10-12-8-6-7-9-12/h11-15H,5-10H2,1-4H3. The molecule has 16 heavy (non-hydrogen) atoms. The Kier molecular flexibility index (Phi) is 6.37. The summed E-state index contributed by atoms with van der Waals surface area (Å²) in [5.41, 5.74) is 0. The van der Waals surface area contributed by atoms with Crippen LogP contribution in [0.5, 0.6) is 0 Å². The van der Waals surface area contributed by atoms with E-state index in [1.807, 2.05) is 0 Å². The minimum atomic E-state index is 0.371. The lowest BCUT2D eigenvalue weighted by Gasteiger charge is -2.31. The van der Waals surface area contributed by atoms with Gasteiger partial charge >= 0.3 is 0 Å². The van der Waals surface area contributed by atoms with Gasteiger partial charge in [0.05, 0.1) is 6.10 Å². The third-order valence-corrected chi connectivity index (χ3v) is 3.85. The Balaban J connectivity index is 2.47. The highest BCUT2D eigenvalue weighted by atomic mass is 16.5. The van der Waals surface area contributed by atoms with Crippen molar-refractivity contribution in [3.8, 4) is 0 Å². The van der Waals surface area contributed by atoms with Crippen molar-refractivity contribution in [3.63, 3.8) is 0 Å². The zero-order valence-electron chi connectivity index (χ0n) is 11.5. The van der Waals surface area contributed by atoms with Crippen molar-refractivity contribution < 1.29 is 4.74 Å². The fourth-order valence-corrected chi connectivity index (χ4v) is 2.99. The van der Waals surface area contributed by atoms with Gasteiger partial charge in [-0.2, -0.15) is 0 Å². The molecule has 2 nitrogen and oxygen atoms in total.